The van der Waals surface area contributed by atoms with Gasteiger partial charge in [-0.05, 0) is 74.9 Å². The molecule has 3 saturated heterocycles. The number of cyclic esters (lactones) is 1. The van der Waals surface area contributed by atoms with Gasteiger partial charge in [0.1, 0.15) is 29.7 Å². The summed E-state index contributed by atoms with van der Waals surface area (Å²) in [6, 6.07) is -0.324. The number of Topliss-reactive ketones (excluding diaryl/α,β-unsaturated/α-hetero) is 1. The standard InChI is InChI=1S/C37H67NO13.ClH/c1-14-25-37(10,45)30(41)20(4)27(39)18(2)16-35(8,44)32(51-34-28(40)24(38(11)12)15-19(3)47-34)21(5)29(22(6)33(43)49-25)50-26-17-36(9,46-13)31(42)23(7)48-26;/h18-26,28-32,34,40-42,44-45H,14-17H2,1-13H3;1H/t18-,19-,20+,21-,22-,23+,24+,25-,26+,28-,29+,30+,31+,32-,34+,35-,36-,37-;/m1./s1. The summed E-state index contributed by atoms with van der Waals surface area (Å²) in [5.41, 5.74) is -4.84. The number of likely N-dealkylation sites (N-methyl/N-ethyl adjacent to an activating group) is 1. The lowest BCUT2D eigenvalue weighted by molar-refractivity contribution is -0.318. The van der Waals surface area contributed by atoms with Gasteiger partial charge in [-0.25, -0.2) is 0 Å². The predicted octanol–water partition coefficient (Wildman–Crippen LogP) is 2.21. The van der Waals surface area contributed by atoms with E-state index in [-0.39, 0.29) is 43.8 Å². The molecule has 3 rings (SSSR count). The van der Waals surface area contributed by atoms with E-state index in [0.29, 0.717) is 6.42 Å². The first-order valence-electron chi connectivity index (χ1n) is 18.5. The van der Waals surface area contributed by atoms with E-state index >= 15 is 0 Å². The molecule has 3 aliphatic heterocycles. The van der Waals surface area contributed by atoms with Gasteiger partial charge in [-0.1, -0.05) is 27.7 Å². The van der Waals surface area contributed by atoms with Crippen molar-refractivity contribution in [1.82, 2.24) is 4.90 Å². The van der Waals surface area contributed by atoms with Crippen molar-refractivity contribution in [3.05, 3.63) is 0 Å². The van der Waals surface area contributed by atoms with Crippen molar-refractivity contribution in [3.63, 3.8) is 0 Å². The van der Waals surface area contributed by atoms with Crippen molar-refractivity contribution in [1.29, 1.82) is 0 Å². The highest BCUT2D eigenvalue weighted by atomic mass is 35.5. The first kappa shape index (κ1) is 47.1. The largest absolute Gasteiger partial charge is 0.459 e. The molecule has 18 atom stereocenters. The van der Waals surface area contributed by atoms with E-state index in [0.717, 1.165) is 0 Å². The van der Waals surface area contributed by atoms with Crippen LogP contribution < -0.4 is 0 Å². The van der Waals surface area contributed by atoms with Crippen molar-refractivity contribution >= 4 is 24.2 Å². The minimum atomic E-state index is -1.99. The molecule has 0 radical (unpaired) electrons. The van der Waals surface area contributed by atoms with Gasteiger partial charge in [0, 0.05) is 37.3 Å². The summed E-state index contributed by atoms with van der Waals surface area (Å²) >= 11 is 0. The Labute approximate surface area is 316 Å². The molecule has 0 aliphatic carbocycles. The van der Waals surface area contributed by atoms with E-state index in [1.165, 1.54) is 27.9 Å². The molecule has 0 unspecified atom stereocenters. The lowest BCUT2D eigenvalue weighted by atomic mass is 9.74. The summed E-state index contributed by atoms with van der Waals surface area (Å²) in [5.74, 6) is -4.98. The Balaban J connectivity index is 0.00000936. The monoisotopic (exact) mass is 769 g/mol. The summed E-state index contributed by atoms with van der Waals surface area (Å²) in [5, 5.41) is 57.6. The molecule has 0 bridgehead atoms. The SMILES string of the molecule is CC[C@H]1OC(=O)[C@H](C)[C@@H](O[C@H]2C[C@@](C)(OC)[C@@H](O)[C@H](C)O2)[C@@H](C)[C@@H](O[C@@H]2O[C@H](C)C[C@H](N(C)C)[C@H]2O)[C@](C)(O)C[C@@H](C)C(=O)[C@H](C)[C@H](O)[C@]1(C)O.Cl. The maximum Gasteiger partial charge on any atom is 0.311 e. The molecule has 15 heteroatoms. The van der Waals surface area contributed by atoms with E-state index in [1.807, 2.05) is 25.9 Å². The van der Waals surface area contributed by atoms with Crippen molar-refractivity contribution in [2.45, 2.75) is 179 Å². The van der Waals surface area contributed by atoms with Crippen molar-refractivity contribution in [3.8, 4) is 0 Å². The van der Waals surface area contributed by atoms with Crippen LogP contribution in [0.2, 0.25) is 0 Å². The average Bonchev–Trinajstić information content (AvgIpc) is 3.05. The Morgan fingerprint density at radius 1 is 0.885 bits per heavy atom. The number of ether oxygens (including phenoxy) is 6. The first-order valence-corrected chi connectivity index (χ1v) is 18.5. The predicted molar refractivity (Wildman–Crippen MR) is 194 cm³/mol. The van der Waals surface area contributed by atoms with Crippen LogP contribution in [-0.4, -0.2) is 148 Å². The van der Waals surface area contributed by atoms with Gasteiger partial charge in [-0.3, -0.25) is 9.59 Å². The van der Waals surface area contributed by atoms with E-state index in [4.69, 9.17) is 28.4 Å². The second kappa shape index (κ2) is 18.3. The molecule has 0 aromatic heterocycles. The third kappa shape index (κ3) is 10.0. The molecule has 52 heavy (non-hydrogen) atoms. The zero-order valence-electron chi connectivity index (χ0n) is 33.3. The third-order valence-electron chi connectivity index (χ3n) is 11.8. The van der Waals surface area contributed by atoms with Gasteiger partial charge >= 0.3 is 5.97 Å². The van der Waals surface area contributed by atoms with Crippen LogP contribution in [0.1, 0.15) is 94.9 Å². The molecule has 0 aromatic carbocycles. The number of aliphatic hydroxyl groups is 5. The van der Waals surface area contributed by atoms with Crippen LogP contribution in [0.5, 0.6) is 0 Å². The zero-order chi connectivity index (χ0) is 39.0. The van der Waals surface area contributed by atoms with Gasteiger partial charge in [0.05, 0.1) is 47.6 Å². The normalized spacial score (nSPS) is 48.8. The number of halogens is 1. The number of nitrogens with zero attached hydrogens (tertiary/aromatic N) is 1. The number of hydrogen-bond donors (Lipinski definition) is 5. The van der Waals surface area contributed by atoms with Gasteiger partial charge in [0.15, 0.2) is 12.6 Å². The van der Waals surface area contributed by atoms with Crippen LogP contribution >= 0.6 is 12.4 Å². The molecule has 306 valence electrons. The summed E-state index contributed by atoms with van der Waals surface area (Å²) in [4.78, 5) is 29.8. The van der Waals surface area contributed by atoms with Gasteiger partial charge in [-0.2, -0.15) is 0 Å². The van der Waals surface area contributed by atoms with Crippen LogP contribution in [0.3, 0.4) is 0 Å². The summed E-state index contributed by atoms with van der Waals surface area (Å²) in [6.45, 7) is 16.3. The highest BCUT2D eigenvalue weighted by Crippen LogP contribution is 2.40. The average molecular weight is 770 g/mol. The summed E-state index contributed by atoms with van der Waals surface area (Å²) in [6.07, 6.45) is -9.71. The van der Waals surface area contributed by atoms with E-state index in [9.17, 15) is 35.1 Å². The van der Waals surface area contributed by atoms with E-state index in [2.05, 4.69) is 0 Å². The van der Waals surface area contributed by atoms with Gasteiger partial charge < -0.3 is 58.9 Å². The number of rotatable bonds is 7. The third-order valence-corrected chi connectivity index (χ3v) is 11.8. The number of ketones is 1. The quantitative estimate of drug-likeness (QED) is 0.237. The number of carbonyl (C=O) groups excluding carboxylic acids is 2. The highest BCUT2D eigenvalue weighted by molar-refractivity contribution is 5.85. The van der Waals surface area contributed by atoms with Crippen LogP contribution in [0.25, 0.3) is 0 Å². The molecule has 3 fully saturated rings. The van der Waals surface area contributed by atoms with Crippen LogP contribution in [0.4, 0.5) is 0 Å². The molecule has 0 aromatic rings. The number of aliphatic hydroxyl groups excluding tert-OH is 3. The Morgan fingerprint density at radius 3 is 2.02 bits per heavy atom. The van der Waals surface area contributed by atoms with Gasteiger partial charge in [0.2, 0.25) is 0 Å². The second-order valence-corrected chi connectivity index (χ2v) is 16.5. The number of hydrogen-bond acceptors (Lipinski definition) is 14. The fraction of sp³-hybridized carbons (Fsp3) is 0.946. The molecular weight excluding hydrogens is 702 g/mol. The summed E-state index contributed by atoms with van der Waals surface area (Å²) < 4.78 is 37.1. The molecule has 3 aliphatic rings. The molecule has 3 heterocycles. The summed E-state index contributed by atoms with van der Waals surface area (Å²) in [7, 11) is 5.18. The maximum absolute atomic E-state index is 14.1. The maximum atomic E-state index is 14.1. The smallest absolute Gasteiger partial charge is 0.311 e. The fourth-order valence-electron chi connectivity index (χ4n) is 8.41. The Bertz CT molecular complexity index is 1170. The minimum absolute atomic E-state index is 0. The molecular formula is C37H68ClNO13. The van der Waals surface area contributed by atoms with Crippen LogP contribution in [0, 0.1) is 23.7 Å². The van der Waals surface area contributed by atoms with Crippen LogP contribution in [-0.2, 0) is 38.0 Å². The Hall–Kier alpha value is -1.01. The molecule has 5 N–H and O–H groups in total. The lowest BCUT2D eigenvalue weighted by Crippen LogP contribution is -2.61. The fourth-order valence-corrected chi connectivity index (χ4v) is 8.41. The lowest BCUT2D eigenvalue weighted by Gasteiger charge is -2.49. The number of carbonyl (C=O) groups is 2. The van der Waals surface area contributed by atoms with E-state index < -0.39 is 108 Å². The molecule has 14 nitrogen and oxygen atoms in total. The van der Waals surface area contributed by atoms with Crippen molar-refractivity contribution in [2.75, 3.05) is 21.2 Å². The van der Waals surface area contributed by atoms with Gasteiger partial charge in [-0.15, -0.1) is 12.4 Å². The molecule has 0 saturated carbocycles. The Kier molecular flexibility index (Phi) is 16.6. The second-order valence-electron chi connectivity index (χ2n) is 16.5. The zero-order valence-corrected chi connectivity index (χ0v) is 34.2. The number of methoxy groups -OCH3 is 1. The Morgan fingerprint density at radius 2 is 1.48 bits per heavy atom. The van der Waals surface area contributed by atoms with Gasteiger partial charge in [0.25, 0.3) is 0 Å². The number of esters is 1. The topological polar surface area (TPSA) is 194 Å². The van der Waals surface area contributed by atoms with Crippen molar-refractivity contribution in [2.24, 2.45) is 23.7 Å². The van der Waals surface area contributed by atoms with Crippen molar-refractivity contribution < 1.29 is 63.5 Å². The highest BCUT2D eigenvalue weighted by Gasteiger charge is 2.53. The van der Waals surface area contributed by atoms with Crippen LogP contribution in [0.15, 0.2) is 0 Å². The molecule has 0 amide bonds. The van der Waals surface area contributed by atoms with E-state index in [1.54, 1.807) is 41.5 Å². The first-order chi connectivity index (χ1) is 23.4. The minimum Gasteiger partial charge on any atom is -0.459 e. The molecule has 0 spiro atoms.